The monoisotopic (exact) mass is 423 g/mol. The van der Waals surface area contributed by atoms with Crippen LogP contribution in [0.15, 0.2) is 77.2 Å². The van der Waals surface area contributed by atoms with E-state index in [-0.39, 0.29) is 5.56 Å². The van der Waals surface area contributed by atoms with Gasteiger partial charge in [-0.1, -0.05) is 48.5 Å². The Bertz CT molecular complexity index is 1470. The number of ether oxygens (including phenoxy) is 1. The highest BCUT2D eigenvalue weighted by Gasteiger charge is 2.20. The summed E-state index contributed by atoms with van der Waals surface area (Å²) in [4.78, 5) is 16.9. The number of rotatable bonds is 5. The molecule has 3 aromatic carbocycles. The average molecular weight is 423 g/mol. The molecule has 0 fully saturated rings. The van der Waals surface area contributed by atoms with Gasteiger partial charge < -0.3 is 14.3 Å². The number of benzene rings is 3. The number of fused-ring (bicyclic) bond motifs is 2. The molecule has 0 atom stereocenters. The fourth-order valence-corrected chi connectivity index (χ4v) is 4.00. The Morgan fingerprint density at radius 2 is 1.72 bits per heavy atom. The molecule has 5 nitrogen and oxygen atoms in total. The number of carbonyl (C=O) groups is 1. The van der Waals surface area contributed by atoms with Gasteiger partial charge in [-0.15, -0.1) is 0 Å². The zero-order valence-electron chi connectivity index (χ0n) is 17.8. The lowest BCUT2D eigenvalue weighted by atomic mass is 10.0. The number of aromatic nitrogens is 1. The quantitative estimate of drug-likeness (QED) is 0.347. The summed E-state index contributed by atoms with van der Waals surface area (Å²) < 4.78 is 12.0. The highest BCUT2D eigenvalue weighted by atomic mass is 16.5. The van der Waals surface area contributed by atoms with Gasteiger partial charge in [-0.05, 0) is 49.2 Å². The SMILES string of the molecule is Cc1c(-c2cc(C(=O)O)c3cc(OCc4ccccc4)cc(C)c3n2)oc2ccccc12. The zero-order chi connectivity index (χ0) is 22.2. The number of nitrogens with zero attached hydrogens (tertiary/aromatic N) is 1. The van der Waals surface area contributed by atoms with E-state index in [1.807, 2.05) is 74.5 Å². The standard InChI is InChI=1S/C27H21NO4/c1-16-12-19(31-15-18-8-4-3-5-9-18)13-21-22(27(29)30)14-23(28-25(16)21)26-17(2)20-10-6-7-11-24(20)32-26/h3-14H,15H2,1-2H3,(H,29,30). The Morgan fingerprint density at radius 1 is 0.969 bits per heavy atom. The predicted molar refractivity (Wildman–Crippen MR) is 124 cm³/mol. The van der Waals surface area contributed by atoms with Gasteiger partial charge in [-0.2, -0.15) is 0 Å². The molecule has 2 aromatic heterocycles. The Hall–Kier alpha value is -4.12. The average Bonchev–Trinajstić information content (AvgIpc) is 3.14. The summed E-state index contributed by atoms with van der Waals surface area (Å²) in [6, 6.07) is 22.8. The lowest BCUT2D eigenvalue weighted by Gasteiger charge is -2.12. The molecule has 0 amide bonds. The second-order valence-electron chi connectivity index (χ2n) is 7.82. The Morgan fingerprint density at radius 3 is 2.47 bits per heavy atom. The van der Waals surface area contributed by atoms with Crippen LogP contribution >= 0.6 is 0 Å². The second-order valence-corrected chi connectivity index (χ2v) is 7.82. The molecule has 0 aliphatic heterocycles. The van der Waals surface area contributed by atoms with Crippen molar-refractivity contribution in [2.75, 3.05) is 0 Å². The summed E-state index contributed by atoms with van der Waals surface area (Å²) in [6.07, 6.45) is 0. The number of pyridine rings is 1. The van der Waals surface area contributed by atoms with Crippen LogP contribution in [-0.2, 0) is 6.61 Å². The summed E-state index contributed by atoms with van der Waals surface area (Å²) in [7, 11) is 0. The molecule has 0 saturated heterocycles. The van der Waals surface area contributed by atoms with Crippen molar-refractivity contribution in [2.45, 2.75) is 20.5 Å². The summed E-state index contributed by atoms with van der Waals surface area (Å²) in [6.45, 7) is 4.27. The van der Waals surface area contributed by atoms with E-state index in [1.165, 1.54) is 0 Å². The molecule has 0 saturated carbocycles. The van der Waals surface area contributed by atoms with Gasteiger partial charge in [0, 0.05) is 16.3 Å². The number of aromatic carboxylic acids is 1. The lowest BCUT2D eigenvalue weighted by molar-refractivity contribution is 0.0699. The van der Waals surface area contributed by atoms with Gasteiger partial charge in [0.15, 0.2) is 5.76 Å². The van der Waals surface area contributed by atoms with Crippen molar-refractivity contribution in [3.8, 4) is 17.2 Å². The summed E-state index contributed by atoms with van der Waals surface area (Å²) in [5.74, 6) is 0.169. The van der Waals surface area contributed by atoms with Crippen LogP contribution in [0, 0.1) is 13.8 Å². The van der Waals surface area contributed by atoms with Gasteiger partial charge in [0.2, 0.25) is 0 Å². The minimum atomic E-state index is -1.02. The first-order valence-electron chi connectivity index (χ1n) is 10.3. The fraction of sp³-hybridized carbons (Fsp3) is 0.111. The van der Waals surface area contributed by atoms with Crippen molar-refractivity contribution in [2.24, 2.45) is 0 Å². The van der Waals surface area contributed by atoms with Crippen LogP contribution in [0.3, 0.4) is 0 Å². The Balaban J connectivity index is 1.62. The smallest absolute Gasteiger partial charge is 0.336 e. The van der Waals surface area contributed by atoms with Crippen LogP contribution in [0.5, 0.6) is 5.75 Å². The van der Waals surface area contributed by atoms with Crippen molar-refractivity contribution in [1.29, 1.82) is 0 Å². The van der Waals surface area contributed by atoms with Crippen LogP contribution < -0.4 is 4.74 Å². The van der Waals surface area contributed by atoms with Crippen LogP contribution in [-0.4, -0.2) is 16.1 Å². The summed E-state index contributed by atoms with van der Waals surface area (Å²) in [5, 5.41) is 11.5. The van der Waals surface area contributed by atoms with Crippen LogP contribution in [0.2, 0.25) is 0 Å². The Labute approximate surface area is 184 Å². The number of carboxylic acid groups (broad SMARTS) is 1. The number of aryl methyl sites for hydroxylation is 2. The molecule has 158 valence electrons. The number of furan rings is 1. The molecule has 0 unspecified atom stereocenters. The zero-order valence-corrected chi connectivity index (χ0v) is 17.8. The molecule has 0 aliphatic rings. The highest BCUT2D eigenvalue weighted by Crippen LogP contribution is 2.35. The van der Waals surface area contributed by atoms with Crippen LogP contribution in [0.1, 0.15) is 27.0 Å². The number of carboxylic acids is 1. The molecular formula is C27H21NO4. The van der Waals surface area contributed by atoms with Crippen LogP contribution in [0.25, 0.3) is 33.3 Å². The van der Waals surface area contributed by atoms with Gasteiger partial charge in [0.1, 0.15) is 23.6 Å². The molecule has 0 radical (unpaired) electrons. The minimum absolute atomic E-state index is 0.165. The maximum atomic E-state index is 12.2. The summed E-state index contributed by atoms with van der Waals surface area (Å²) in [5.41, 5.74) is 4.85. The molecular weight excluding hydrogens is 402 g/mol. The van der Waals surface area contributed by atoms with Crippen LogP contribution in [0.4, 0.5) is 0 Å². The number of para-hydroxylation sites is 1. The highest BCUT2D eigenvalue weighted by molar-refractivity contribution is 6.05. The fourth-order valence-electron chi connectivity index (χ4n) is 4.00. The predicted octanol–water partition coefficient (Wildman–Crippen LogP) is 6.54. The summed E-state index contributed by atoms with van der Waals surface area (Å²) >= 11 is 0. The first-order chi connectivity index (χ1) is 15.5. The maximum Gasteiger partial charge on any atom is 0.336 e. The van der Waals surface area contributed by atoms with E-state index in [0.29, 0.717) is 34.7 Å². The first kappa shape index (κ1) is 19.8. The third-order valence-electron chi connectivity index (χ3n) is 5.63. The van der Waals surface area contributed by atoms with Crippen molar-refractivity contribution in [3.05, 3.63) is 95.1 Å². The van der Waals surface area contributed by atoms with Crippen molar-refractivity contribution in [1.82, 2.24) is 4.98 Å². The van der Waals surface area contributed by atoms with Gasteiger partial charge in [0.05, 0.1) is 11.1 Å². The van der Waals surface area contributed by atoms with Gasteiger partial charge in [0.25, 0.3) is 0 Å². The molecule has 5 heteroatoms. The molecule has 0 bridgehead atoms. The molecule has 0 spiro atoms. The third kappa shape index (κ3) is 3.48. The molecule has 1 N–H and O–H groups in total. The van der Waals surface area contributed by atoms with Crippen molar-refractivity contribution < 1.29 is 19.1 Å². The molecule has 32 heavy (non-hydrogen) atoms. The van der Waals surface area contributed by atoms with E-state index in [4.69, 9.17) is 14.1 Å². The maximum absolute atomic E-state index is 12.2. The minimum Gasteiger partial charge on any atom is -0.489 e. The van der Waals surface area contributed by atoms with Crippen molar-refractivity contribution in [3.63, 3.8) is 0 Å². The lowest BCUT2D eigenvalue weighted by Crippen LogP contribution is -2.02. The van der Waals surface area contributed by atoms with Crippen molar-refractivity contribution >= 4 is 27.8 Å². The molecule has 2 heterocycles. The third-order valence-corrected chi connectivity index (χ3v) is 5.63. The number of hydrogen-bond acceptors (Lipinski definition) is 4. The molecule has 5 aromatic rings. The van der Waals surface area contributed by atoms with E-state index in [9.17, 15) is 9.90 Å². The normalized spacial score (nSPS) is 11.2. The van der Waals surface area contributed by atoms with E-state index in [2.05, 4.69) is 0 Å². The van der Waals surface area contributed by atoms with E-state index < -0.39 is 5.97 Å². The second kappa shape index (κ2) is 7.85. The Kier molecular flexibility index (Phi) is 4.86. The van der Waals surface area contributed by atoms with E-state index >= 15 is 0 Å². The topological polar surface area (TPSA) is 72.6 Å². The molecule has 5 rings (SSSR count). The van der Waals surface area contributed by atoms with Gasteiger partial charge in [-0.3, -0.25) is 0 Å². The largest absolute Gasteiger partial charge is 0.489 e. The first-order valence-corrected chi connectivity index (χ1v) is 10.3. The number of hydrogen-bond donors (Lipinski definition) is 1. The molecule has 0 aliphatic carbocycles. The van der Waals surface area contributed by atoms with E-state index in [1.54, 1.807) is 12.1 Å². The van der Waals surface area contributed by atoms with Gasteiger partial charge >= 0.3 is 5.97 Å². The van der Waals surface area contributed by atoms with E-state index in [0.717, 1.165) is 27.7 Å². The van der Waals surface area contributed by atoms with Gasteiger partial charge in [-0.25, -0.2) is 9.78 Å².